The molecule has 0 aliphatic rings. The fourth-order valence-electron chi connectivity index (χ4n) is 0.586. The van der Waals surface area contributed by atoms with E-state index in [2.05, 4.69) is 27.4 Å². The van der Waals surface area contributed by atoms with E-state index in [0.29, 0.717) is 0 Å². The molecule has 0 aromatic carbocycles. The number of hydrogen-bond acceptors (Lipinski definition) is 4. The molecule has 0 aliphatic carbocycles. The highest BCUT2D eigenvalue weighted by Gasteiger charge is 2.05. The van der Waals surface area contributed by atoms with Crippen LogP contribution in [-0.2, 0) is 0 Å². The molecule has 0 radical (unpaired) electrons. The number of ketones is 1. The Morgan fingerprint density at radius 2 is 2.27 bits per heavy atom. The van der Waals surface area contributed by atoms with E-state index in [-0.39, 0.29) is 10.5 Å². The lowest BCUT2D eigenvalue weighted by Gasteiger charge is -1.89. The van der Waals surface area contributed by atoms with Crippen molar-refractivity contribution in [1.29, 1.82) is 0 Å². The molecule has 0 saturated carbocycles. The molecule has 5 nitrogen and oxygen atoms in total. The maximum Gasteiger partial charge on any atom is 0.281 e. The van der Waals surface area contributed by atoms with Gasteiger partial charge in [-0.15, -0.1) is 0 Å². The maximum atomic E-state index is 10.9. The zero-order valence-corrected chi connectivity index (χ0v) is 6.49. The van der Waals surface area contributed by atoms with Gasteiger partial charge in [-0.1, -0.05) is 0 Å². The number of aromatic nitrogens is 3. The van der Waals surface area contributed by atoms with E-state index in [9.17, 15) is 9.59 Å². The van der Waals surface area contributed by atoms with E-state index in [0.717, 1.165) is 0 Å². The molecule has 1 aromatic rings. The SMILES string of the molecule is CC(=O)c1n[nH]c(=S)[nH]c1=O. The summed E-state index contributed by atoms with van der Waals surface area (Å²) in [7, 11) is 0. The van der Waals surface area contributed by atoms with Crippen molar-refractivity contribution in [2.75, 3.05) is 0 Å². The molecule has 0 saturated heterocycles. The van der Waals surface area contributed by atoms with Crippen molar-refractivity contribution in [3.63, 3.8) is 0 Å². The Balaban J connectivity index is 3.43. The fourth-order valence-corrected chi connectivity index (χ4v) is 0.725. The van der Waals surface area contributed by atoms with Crippen LogP contribution in [0.3, 0.4) is 0 Å². The van der Waals surface area contributed by atoms with Crippen LogP contribution in [0, 0.1) is 4.77 Å². The zero-order chi connectivity index (χ0) is 8.43. The first-order valence-electron chi connectivity index (χ1n) is 2.81. The minimum Gasteiger partial charge on any atom is -0.296 e. The number of H-pyrrole nitrogens is 2. The molecule has 58 valence electrons. The molecule has 6 heteroatoms. The number of carbonyl (C=O) groups is 1. The van der Waals surface area contributed by atoms with Crippen molar-refractivity contribution in [1.82, 2.24) is 15.2 Å². The minimum absolute atomic E-state index is 0.111. The number of Topliss-reactive ketones (excluding diaryl/α,β-unsaturated/α-hetero) is 1. The minimum atomic E-state index is -0.554. The van der Waals surface area contributed by atoms with Crippen molar-refractivity contribution in [2.24, 2.45) is 0 Å². The van der Waals surface area contributed by atoms with Gasteiger partial charge in [0.05, 0.1) is 0 Å². The smallest absolute Gasteiger partial charge is 0.281 e. The predicted octanol–water partition coefficient (Wildman–Crippen LogP) is 0.0301. The van der Waals surface area contributed by atoms with Crippen LogP contribution in [0.2, 0.25) is 0 Å². The number of carbonyl (C=O) groups excluding carboxylic acids is 1. The van der Waals surface area contributed by atoms with Crippen LogP contribution in [0.4, 0.5) is 0 Å². The first kappa shape index (κ1) is 7.80. The second-order valence-electron chi connectivity index (χ2n) is 1.91. The van der Waals surface area contributed by atoms with Gasteiger partial charge in [-0.2, -0.15) is 5.10 Å². The normalized spacial score (nSPS) is 9.55. The largest absolute Gasteiger partial charge is 0.296 e. The van der Waals surface area contributed by atoms with E-state index < -0.39 is 11.3 Å². The van der Waals surface area contributed by atoms with Crippen molar-refractivity contribution in [3.8, 4) is 0 Å². The molecule has 1 rings (SSSR count). The van der Waals surface area contributed by atoms with Crippen LogP contribution in [-0.4, -0.2) is 21.0 Å². The molecule has 0 amide bonds. The number of aromatic amines is 2. The van der Waals surface area contributed by atoms with Gasteiger partial charge in [-0.25, -0.2) is 0 Å². The molecule has 0 fully saturated rings. The molecule has 0 atom stereocenters. The van der Waals surface area contributed by atoms with E-state index in [4.69, 9.17) is 0 Å². The topological polar surface area (TPSA) is 78.6 Å². The number of hydrogen-bond donors (Lipinski definition) is 2. The molecule has 0 spiro atoms. The summed E-state index contributed by atoms with van der Waals surface area (Å²) in [6.07, 6.45) is 0. The summed E-state index contributed by atoms with van der Waals surface area (Å²) in [6.45, 7) is 1.26. The van der Waals surface area contributed by atoms with E-state index in [1.807, 2.05) is 0 Å². The summed E-state index contributed by atoms with van der Waals surface area (Å²) < 4.78 is 0.111. The monoisotopic (exact) mass is 171 g/mol. The Hall–Kier alpha value is -1.30. The Kier molecular flexibility index (Phi) is 1.95. The Morgan fingerprint density at radius 3 is 2.73 bits per heavy atom. The summed E-state index contributed by atoms with van der Waals surface area (Å²) in [4.78, 5) is 23.7. The van der Waals surface area contributed by atoms with Gasteiger partial charge in [0, 0.05) is 6.92 Å². The quantitative estimate of drug-likeness (QED) is 0.461. The van der Waals surface area contributed by atoms with E-state index in [1.165, 1.54) is 6.92 Å². The van der Waals surface area contributed by atoms with Gasteiger partial charge in [0.2, 0.25) is 0 Å². The second kappa shape index (κ2) is 2.75. The van der Waals surface area contributed by atoms with Gasteiger partial charge >= 0.3 is 0 Å². The Bertz CT molecular complexity index is 391. The van der Waals surface area contributed by atoms with Gasteiger partial charge < -0.3 is 0 Å². The third-order valence-electron chi connectivity index (χ3n) is 1.04. The highest BCUT2D eigenvalue weighted by Crippen LogP contribution is 1.81. The van der Waals surface area contributed by atoms with Gasteiger partial charge in [0.15, 0.2) is 16.2 Å². The molecule has 0 aliphatic heterocycles. The summed E-state index contributed by atoms with van der Waals surface area (Å²) in [5.41, 5.74) is -0.708. The lowest BCUT2D eigenvalue weighted by molar-refractivity contribution is 0.101. The lowest BCUT2D eigenvalue weighted by Crippen LogP contribution is -2.19. The Morgan fingerprint density at radius 1 is 1.64 bits per heavy atom. The van der Waals surface area contributed by atoms with Crippen LogP contribution in [0.25, 0.3) is 0 Å². The van der Waals surface area contributed by atoms with Gasteiger partial charge in [0.1, 0.15) is 0 Å². The first-order valence-corrected chi connectivity index (χ1v) is 3.22. The zero-order valence-electron chi connectivity index (χ0n) is 5.67. The van der Waals surface area contributed by atoms with Crippen molar-refractivity contribution < 1.29 is 4.79 Å². The number of nitrogens with one attached hydrogen (secondary N) is 2. The second-order valence-corrected chi connectivity index (χ2v) is 2.32. The Labute approximate surface area is 66.5 Å². The van der Waals surface area contributed by atoms with Crippen LogP contribution in [0.5, 0.6) is 0 Å². The molecule has 11 heavy (non-hydrogen) atoms. The molecule has 0 unspecified atom stereocenters. The van der Waals surface area contributed by atoms with Crippen molar-refractivity contribution in [3.05, 3.63) is 20.8 Å². The summed E-state index contributed by atoms with van der Waals surface area (Å²) in [5, 5.41) is 5.77. The predicted molar refractivity (Wildman–Crippen MR) is 40.0 cm³/mol. The highest BCUT2D eigenvalue weighted by molar-refractivity contribution is 7.71. The molecule has 1 heterocycles. The van der Waals surface area contributed by atoms with Crippen LogP contribution >= 0.6 is 12.2 Å². The average molecular weight is 171 g/mol. The van der Waals surface area contributed by atoms with E-state index in [1.54, 1.807) is 0 Å². The molecular formula is C5H5N3O2S. The van der Waals surface area contributed by atoms with Crippen LogP contribution < -0.4 is 5.56 Å². The molecule has 1 aromatic heterocycles. The van der Waals surface area contributed by atoms with Crippen molar-refractivity contribution >= 4 is 18.0 Å². The van der Waals surface area contributed by atoms with Crippen molar-refractivity contribution in [2.45, 2.75) is 6.92 Å². The lowest BCUT2D eigenvalue weighted by atomic mass is 10.3. The summed E-state index contributed by atoms with van der Waals surface area (Å²) in [5.74, 6) is -0.391. The van der Waals surface area contributed by atoms with E-state index >= 15 is 0 Å². The summed E-state index contributed by atoms with van der Waals surface area (Å²) >= 11 is 4.56. The number of nitrogens with zero attached hydrogens (tertiary/aromatic N) is 1. The summed E-state index contributed by atoms with van der Waals surface area (Å²) in [6, 6.07) is 0. The average Bonchev–Trinajstić information content (AvgIpc) is 1.85. The standard InChI is InChI=1S/C5H5N3O2S/c1-2(9)3-4(10)6-5(11)8-7-3/h1H3,(H2,6,8,10,11). The van der Waals surface area contributed by atoms with Gasteiger partial charge in [-0.05, 0) is 12.2 Å². The van der Waals surface area contributed by atoms with Gasteiger partial charge in [-0.3, -0.25) is 19.7 Å². The van der Waals surface area contributed by atoms with Crippen LogP contribution in [0.15, 0.2) is 4.79 Å². The van der Waals surface area contributed by atoms with Gasteiger partial charge in [0.25, 0.3) is 5.56 Å². The molecular weight excluding hydrogens is 166 g/mol. The van der Waals surface area contributed by atoms with Crippen LogP contribution in [0.1, 0.15) is 17.4 Å². The molecule has 0 bridgehead atoms. The maximum absolute atomic E-state index is 10.9. The highest BCUT2D eigenvalue weighted by atomic mass is 32.1. The fraction of sp³-hybridized carbons (Fsp3) is 0.200. The first-order chi connectivity index (χ1) is 5.11. The number of rotatable bonds is 1. The third kappa shape index (κ3) is 1.58. The molecule has 2 N–H and O–H groups in total. The third-order valence-corrected chi connectivity index (χ3v) is 1.24.